The lowest BCUT2D eigenvalue weighted by atomic mass is 9.97. The van der Waals surface area contributed by atoms with E-state index in [9.17, 15) is 14.4 Å². The van der Waals surface area contributed by atoms with Crippen LogP contribution in [0.15, 0.2) is 24.3 Å². The number of benzene rings is 1. The fourth-order valence-corrected chi connectivity index (χ4v) is 3.64. The second kappa shape index (κ2) is 10.1. The molecule has 1 aliphatic rings. The van der Waals surface area contributed by atoms with Crippen LogP contribution in [0.5, 0.6) is 5.75 Å². The molecule has 0 aromatic heterocycles. The van der Waals surface area contributed by atoms with Gasteiger partial charge in [0.25, 0.3) is 11.8 Å². The standard InChI is InChI=1S/C21H30N2O5/c1-4-22(13-12-20(25)26)21(27)17-8-10-18(11-9-17)28-14-19(24)23-15(2)6-5-7-16(23)3/h8-11,15-16H,4-7,12-14H2,1-3H3,(H,25,26). The summed E-state index contributed by atoms with van der Waals surface area (Å²) in [5, 5.41) is 8.79. The van der Waals surface area contributed by atoms with Crippen LogP contribution in [0.25, 0.3) is 0 Å². The average Bonchev–Trinajstić information content (AvgIpc) is 2.66. The van der Waals surface area contributed by atoms with Crippen molar-refractivity contribution in [3.63, 3.8) is 0 Å². The third-order valence-electron chi connectivity index (χ3n) is 5.21. The molecule has 0 spiro atoms. The molecule has 1 heterocycles. The Morgan fingerprint density at radius 2 is 1.75 bits per heavy atom. The van der Waals surface area contributed by atoms with Gasteiger partial charge in [-0.1, -0.05) is 0 Å². The molecule has 2 unspecified atom stereocenters. The Labute approximate surface area is 166 Å². The highest BCUT2D eigenvalue weighted by Gasteiger charge is 2.29. The Hall–Kier alpha value is -2.57. The highest BCUT2D eigenvalue weighted by molar-refractivity contribution is 5.94. The maximum absolute atomic E-state index is 12.5. The van der Waals surface area contributed by atoms with Crippen LogP contribution in [0.3, 0.4) is 0 Å². The van der Waals surface area contributed by atoms with Gasteiger partial charge >= 0.3 is 5.97 Å². The molecule has 2 amide bonds. The summed E-state index contributed by atoms with van der Waals surface area (Å²) in [5.41, 5.74) is 0.462. The lowest BCUT2D eigenvalue weighted by Gasteiger charge is -2.38. The fourth-order valence-electron chi connectivity index (χ4n) is 3.64. The van der Waals surface area contributed by atoms with Gasteiger partial charge in [0.2, 0.25) is 0 Å². The summed E-state index contributed by atoms with van der Waals surface area (Å²) in [6.45, 7) is 6.53. The van der Waals surface area contributed by atoms with E-state index in [0.717, 1.165) is 19.3 Å². The van der Waals surface area contributed by atoms with Crippen molar-refractivity contribution in [2.45, 2.75) is 58.5 Å². The monoisotopic (exact) mass is 390 g/mol. The number of nitrogens with zero attached hydrogens (tertiary/aromatic N) is 2. The van der Waals surface area contributed by atoms with Crippen molar-refractivity contribution in [2.24, 2.45) is 0 Å². The summed E-state index contributed by atoms with van der Waals surface area (Å²) in [6, 6.07) is 7.05. The van der Waals surface area contributed by atoms with E-state index in [1.165, 1.54) is 4.90 Å². The summed E-state index contributed by atoms with van der Waals surface area (Å²) in [4.78, 5) is 39.1. The Bertz CT molecular complexity index is 679. The maximum Gasteiger partial charge on any atom is 0.305 e. The highest BCUT2D eigenvalue weighted by atomic mass is 16.5. The average molecular weight is 390 g/mol. The molecule has 0 radical (unpaired) electrons. The molecule has 0 saturated carbocycles. The van der Waals surface area contributed by atoms with Crippen molar-refractivity contribution in [1.82, 2.24) is 9.80 Å². The first-order chi connectivity index (χ1) is 13.3. The predicted octanol–water partition coefficient (Wildman–Crippen LogP) is 2.79. The lowest BCUT2D eigenvalue weighted by molar-refractivity contribution is -0.139. The zero-order valence-electron chi connectivity index (χ0n) is 16.9. The zero-order valence-corrected chi connectivity index (χ0v) is 16.9. The molecule has 1 saturated heterocycles. The molecule has 1 fully saturated rings. The van der Waals surface area contributed by atoms with Gasteiger partial charge in [-0.05, 0) is 64.3 Å². The first kappa shape index (κ1) is 21.7. The largest absolute Gasteiger partial charge is 0.484 e. The molecule has 2 rings (SSSR count). The van der Waals surface area contributed by atoms with Gasteiger partial charge in [0.15, 0.2) is 6.61 Å². The lowest BCUT2D eigenvalue weighted by Crippen LogP contribution is -2.49. The normalized spacial score (nSPS) is 19.2. The van der Waals surface area contributed by atoms with E-state index >= 15 is 0 Å². The van der Waals surface area contributed by atoms with Gasteiger partial charge in [-0.2, -0.15) is 0 Å². The summed E-state index contributed by atoms with van der Waals surface area (Å²) in [6.07, 6.45) is 3.09. The molecule has 7 nitrogen and oxygen atoms in total. The van der Waals surface area contributed by atoms with Gasteiger partial charge in [0, 0.05) is 30.7 Å². The second-order valence-corrected chi connectivity index (χ2v) is 7.27. The molecular formula is C21H30N2O5. The smallest absolute Gasteiger partial charge is 0.305 e. The second-order valence-electron chi connectivity index (χ2n) is 7.27. The minimum absolute atomic E-state index is 0.0225. The number of carboxylic acids is 1. The third-order valence-corrected chi connectivity index (χ3v) is 5.21. The number of carboxylic acid groups (broad SMARTS) is 1. The van der Waals surface area contributed by atoms with Gasteiger partial charge in [-0.25, -0.2) is 0 Å². The van der Waals surface area contributed by atoms with Crippen molar-refractivity contribution in [2.75, 3.05) is 19.7 Å². The molecule has 1 aliphatic heterocycles. The Morgan fingerprint density at radius 3 is 2.29 bits per heavy atom. The molecule has 1 aromatic carbocycles. The van der Waals surface area contributed by atoms with Crippen LogP contribution in [0, 0.1) is 0 Å². The van der Waals surface area contributed by atoms with Crippen molar-refractivity contribution in [1.29, 1.82) is 0 Å². The highest BCUT2D eigenvalue weighted by Crippen LogP contribution is 2.23. The molecule has 0 aliphatic carbocycles. The van der Waals surface area contributed by atoms with Crippen molar-refractivity contribution in [3.05, 3.63) is 29.8 Å². The van der Waals surface area contributed by atoms with E-state index in [1.54, 1.807) is 24.3 Å². The minimum Gasteiger partial charge on any atom is -0.484 e. The quantitative estimate of drug-likeness (QED) is 0.737. The van der Waals surface area contributed by atoms with Crippen LogP contribution in [-0.4, -0.2) is 64.5 Å². The number of aliphatic carboxylic acids is 1. The summed E-state index contributed by atoms with van der Waals surface area (Å²) >= 11 is 0. The van der Waals surface area contributed by atoms with E-state index in [-0.39, 0.29) is 43.5 Å². The van der Waals surface area contributed by atoms with Gasteiger partial charge in [-0.15, -0.1) is 0 Å². The molecule has 0 bridgehead atoms. The number of hydrogen-bond acceptors (Lipinski definition) is 4. The summed E-state index contributed by atoms with van der Waals surface area (Å²) in [7, 11) is 0. The van der Waals surface area contributed by atoms with Crippen LogP contribution in [0.1, 0.15) is 56.8 Å². The molecule has 154 valence electrons. The Balaban J connectivity index is 1.92. The zero-order chi connectivity index (χ0) is 20.7. The van der Waals surface area contributed by atoms with Crippen molar-refractivity contribution in [3.8, 4) is 5.75 Å². The number of amides is 2. The van der Waals surface area contributed by atoms with E-state index in [0.29, 0.717) is 17.9 Å². The van der Waals surface area contributed by atoms with Crippen LogP contribution >= 0.6 is 0 Å². The van der Waals surface area contributed by atoms with E-state index in [1.807, 2.05) is 11.8 Å². The van der Waals surface area contributed by atoms with Crippen LogP contribution in [-0.2, 0) is 9.59 Å². The van der Waals surface area contributed by atoms with E-state index in [4.69, 9.17) is 9.84 Å². The van der Waals surface area contributed by atoms with Gasteiger partial charge in [0.05, 0.1) is 6.42 Å². The first-order valence-electron chi connectivity index (χ1n) is 9.88. The SMILES string of the molecule is CCN(CCC(=O)O)C(=O)c1ccc(OCC(=O)N2C(C)CCCC2C)cc1. The maximum atomic E-state index is 12.5. The van der Waals surface area contributed by atoms with Crippen molar-refractivity contribution >= 4 is 17.8 Å². The summed E-state index contributed by atoms with van der Waals surface area (Å²) < 4.78 is 5.62. The number of hydrogen-bond donors (Lipinski definition) is 1. The van der Waals surface area contributed by atoms with Crippen LogP contribution < -0.4 is 4.74 Å². The van der Waals surface area contributed by atoms with E-state index < -0.39 is 5.97 Å². The van der Waals surface area contributed by atoms with E-state index in [2.05, 4.69) is 13.8 Å². The third kappa shape index (κ3) is 5.71. The molecule has 7 heteroatoms. The number of piperidine rings is 1. The van der Waals surface area contributed by atoms with Gasteiger partial charge in [0.1, 0.15) is 5.75 Å². The topological polar surface area (TPSA) is 87.1 Å². The molecule has 28 heavy (non-hydrogen) atoms. The number of carbonyl (C=O) groups is 3. The Kier molecular flexibility index (Phi) is 7.84. The predicted molar refractivity (Wildman–Crippen MR) is 105 cm³/mol. The summed E-state index contributed by atoms with van der Waals surface area (Å²) in [5.74, 6) is -0.652. The van der Waals surface area contributed by atoms with Crippen LogP contribution in [0.4, 0.5) is 0 Å². The Morgan fingerprint density at radius 1 is 1.14 bits per heavy atom. The fraction of sp³-hybridized carbons (Fsp3) is 0.571. The molecule has 1 aromatic rings. The number of rotatable bonds is 8. The van der Waals surface area contributed by atoms with Crippen molar-refractivity contribution < 1.29 is 24.2 Å². The van der Waals surface area contributed by atoms with Gasteiger partial charge < -0.3 is 19.6 Å². The molecule has 2 atom stereocenters. The number of ether oxygens (including phenoxy) is 1. The number of carbonyl (C=O) groups excluding carboxylic acids is 2. The van der Waals surface area contributed by atoms with Crippen LogP contribution in [0.2, 0.25) is 0 Å². The number of likely N-dealkylation sites (tertiary alicyclic amines) is 1. The molecular weight excluding hydrogens is 360 g/mol. The first-order valence-corrected chi connectivity index (χ1v) is 9.88. The van der Waals surface area contributed by atoms with Gasteiger partial charge in [-0.3, -0.25) is 14.4 Å². The minimum atomic E-state index is -0.933. The molecule has 1 N–H and O–H groups in total.